The highest BCUT2D eigenvalue weighted by Gasteiger charge is 2.01. The molecule has 5 heteroatoms. The molecule has 0 unspecified atom stereocenters. The Bertz CT molecular complexity index is 109. The Labute approximate surface area is 52.1 Å². The van der Waals surface area contributed by atoms with Gasteiger partial charge in [-0.3, -0.25) is 10.1 Å². The molecule has 3 amide bonds. The lowest BCUT2D eigenvalue weighted by atomic mass is 10.6. The lowest BCUT2D eigenvalue weighted by Crippen LogP contribution is -2.38. The van der Waals surface area contributed by atoms with Gasteiger partial charge in [-0.15, -0.1) is 0 Å². The number of hydrogen-bond acceptors (Lipinski definition) is 3. The summed E-state index contributed by atoms with van der Waals surface area (Å²) >= 11 is 0. The fraction of sp³-hybridized carbons (Fsp3) is 0.500. The first-order chi connectivity index (χ1) is 4.20. The molecular formula is C4H8N2O3. The minimum absolute atomic E-state index is 0.617. The van der Waals surface area contributed by atoms with Gasteiger partial charge in [-0.1, -0.05) is 0 Å². The standard InChI is InChI=1S/C4H8N2O3/c1-5-4(9)6-3(8)2-7/h7H,2H2,1H3,(H2,5,6,8,9). The Balaban J connectivity index is 3.47. The zero-order valence-electron chi connectivity index (χ0n) is 4.97. The molecule has 0 spiro atoms. The van der Waals surface area contributed by atoms with Gasteiger partial charge in [0.2, 0.25) is 0 Å². The van der Waals surface area contributed by atoms with Gasteiger partial charge in [0, 0.05) is 7.05 Å². The molecule has 0 radical (unpaired) electrons. The Morgan fingerprint density at radius 2 is 2.11 bits per heavy atom. The third-order valence-corrected chi connectivity index (χ3v) is 0.624. The molecule has 0 saturated heterocycles. The topological polar surface area (TPSA) is 78.4 Å². The monoisotopic (exact) mass is 132 g/mol. The molecule has 0 aromatic rings. The summed E-state index contributed by atoms with van der Waals surface area (Å²) in [5, 5.41) is 12.1. The predicted molar refractivity (Wildman–Crippen MR) is 29.7 cm³/mol. The van der Waals surface area contributed by atoms with Crippen molar-refractivity contribution >= 4 is 11.9 Å². The minimum Gasteiger partial charge on any atom is -0.387 e. The van der Waals surface area contributed by atoms with Crippen LogP contribution < -0.4 is 10.6 Å². The Kier molecular flexibility index (Phi) is 3.38. The van der Waals surface area contributed by atoms with E-state index in [0.717, 1.165) is 0 Å². The Morgan fingerprint density at radius 1 is 1.56 bits per heavy atom. The van der Waals surface area contributed by atoms with Crippen LogP contribution in [-0.2, 0) is 4.79 Å². The van der Waals surface area contributed by atoms with Gasteiger partial charge in [0.05, 0.1) is 0 Å². The van der Waals surface area contributed by atoms with Crippen LogP contribution in [0.15, 0.2) is 0 Å². The predicted octanol–water partition coefficient (Wildman–Crippen LogP) is -1.57. The van der Waals surface area contributed by atoms with Gasteiger partial charge < -0.3 is 10.4 Å². The molecule has 0 aromatic carbocycles. The highest BCUT2D eigenvalue weighted by molar-refractivity contribution is 5.94. The van der Waals surface area contributed by atoms with Crippen LogP contribution in [0.2, 0.25) is 0 Å². The summed E-state index contributed by atoms with van der Waals surface area (Å²) < 4.78 is 0. The summed E-state index contributed by atoms with van der Waals surface area (Å²) in [4.78, 5) is 20.4. The normalized spacial score (nSPS) is 8.22. The number of nitrogens with one attached hydrogen (secondary N) is 2. The smallest absolute Gasteiger partial charge is 0.321 e. The Morgan fingerprint density at radius 3 is 2.44 bits per heavy atom. The van der Waals surface area contributed by atoms with Gasteiger partial charge in [-0.05, 0) is 0 Å². The quantitative estimate of drug-likeness (QED) is 0.403. The molecule has 0 aliphatic heterocycles. The number of hydrogen-bond donors (Lipinski definition) is 3. The average Bonchev–Trinajstić information content (AvgIpc) is 1.87. The number of carbonyl (C=O) groups excluding carboxylic acids is 2. The third-order valence-electron chi connectivity index (χ3n) is 0.624. The lowest BCUT2D eigenvalue weighted by molar-refractivity contribution is -0.122. The van der Waals surface area contributed by atoms with Crippen LogP contribution in [0.4, 0.5) is 4.79 Å². The van der Waals surface area contributed by atoms with Crippen LogP contribution in [0.1, 0.15) is 0 Å². The first-order valence-corrected chi connectivity index (χ1v) is 2.33. The summed E-state index contributed by atoms with van der Waals surface area (Å²) in [6.45, 7) is -0.673. The number of amides is 3. The second-order valence-electron chi connectivity index (χ2n) is 1.29. The van der Waals surface area contributed by atoms with Crippen molar-refractivity contribution in [1.29, 1.82) is 0 Å². The van der Waals surface area contributed by atoms with E-state index in [4.69, 9.17) is 5.11 Å². The lowest BCUT2D eigenvalue weighted by Gasteiger charge is -1.97. The van der Waals surface area contributed by atoms with Crippen LogP contribution in [0, 0.1) is 0 Å². The van der Waals surface area contributed by atoms with Crippen LogP contribution in [0.3, 0.4) is 0 Å². The largest absolute Gasteiger partial charge is 0.387 e. The highest BCUT2D eigenvalue weighted by atomic mass is 16.3. The molecule has 3 N–H and O–H groups in total. The second kappa shape index (κ2) is 3.85. The zero-order valence-corrected chi connectivity index (χ0v) is 4.97. The molecule has 0 fully saturated rings. The van der Waals surface area contributed by atoms with Crippen molar-refractivity contribution in [2.45, 2.75) is 0 Å². The van der Waals surface area contributed by atoms with E-state index >= 15 is 0 Å². The molecule has 0 atom stereocenters. The molecule has 5 nitrogen and oxygen atoms in total. The van der Waals surface area contributed by atoms with Crippen molar-refractivity contribution < 1.29 is 14.7 Å². The third kappa shape index (κ3) is 3.48. The van der Waals surface area contributed by atoms with E-state index in [0.29, 0.717) is 0 Å². The fourth-order valence-electron chi connectivity index (χ4n) is 0.229. The summed E-state index contributed by atoms with van der Waals surface area (Å²) in [5.74, 6) is -0.714. The molecule has 0 bridgehead atoms. The first kappa shape index (κ1) is 7.90. The summed E-state index contributed by atoms with van der Waals surface area (Å²) in [7, 11) is 1.37. The van der Waals surface area contributed by atoms with Gasteiger partial charge in [-0.2, -0.15) is 0 Å². The van der Waals surface area contributed by atoms with Gasteiger partial charge in [0.25, 0.3) is 5.91 Å². The molecule has 0 heterocycles. The van der Waals surface area contributed by atoms with E-state index < -0.39 is 18.5 Å². The maximum Gasteiger partial charge on any atom is 0.321 e. The van der Waals surface area contributed by atoms with Crippen molar-refractivity contribution in [3.63, 3.8) is 0 Å². The molecule has 0 saturated carbocycles. The van der Waals surface area contributed by atoms with Gasteiger partial charge in [-0.25, -0.2) is 4.79 Å². The van der Waals surface area contributed by atoms with E-state index in [1.807, 2.05) is 5.32 Å². The summed E-state index contributed by atoms with van der Waals surface area (Å²) in [6.07, 6.45) is 0. The SMILES string of the molecule is CNC(=O)NC(=O)CO. The van der Waals surface area contributed by atoms with Crippen LogP contribution in [0.5, 0.6) is 0 Å². The summed E-state index contributed by atoms with van der Waals surface area (Å²) in [5.41, 5.74) is 0. The van der Waals surface area contributed by atoms with E-state index in [-0.39, 0.29) is 0 Å². The molecular weight excluding hydrogens is 124 g/mol. The molecule has 0 aromatic heterocycles. The zero-order chi connectivity index (χ0) is 7.28. The molecule has 52 valence electrons. The number of rotatable bonds is 1. The molecule has 0 rings (SSSR count). The molecule has 0 aliphatic rings. The van der Waals surface area contributed by atoms with Crippen molar-refractivity contribution in [1.82, 2.24) is 10.6 Å². The maximum absolute atomic E-state index is 10.2. The van der Waals surface area contributed by atoms with Crippen LogP contribution >= 0.6 is 0 Å². The second-order valence-corrected chi connectivity index (χ2v) is 1.29. The van der Waals surface area contributed by atoms with Crippen molar-refractivity contribution in [2.24, 2.45) is 0 Å². The number of urea groups is 1. The van der Waals surface area contributed by atoms with Crippen molar-refractivity contribution in [3.8, 4) is 0 Å². The average molecular weight is 132 g/mol. The fourth-order valence-corrected chi connectivity index (χ4v) is 0.229. The van der Waals surface area contributed by atoms with E-state index in [1.165, 1.54) is 7.05 Å². The van der Waals surface area contributed by atoms with Crippen molar-refractivity contribution in [2.75, 3.05) is 13.7 Å². The van der Waals surface area contributed by atoms with E-state index in [2.05, 4.69) is 5.32 Å². The Hall–Kier alpha value is -1.10. The van der Waals surface area contributed by atoms with E-state index in [1.54, 1.807) is 0 Å². The summed E-state index contributed by atoms with van der Waals surface area (Å²) in [6, 6.07) is -0.617. The number of aliphatic hydroxyl groups excluding tert-OH is 1. The minimum atomic E-state index is -0.714. The van der Waals surface area contributed by atoms with Crippen molar-refractivity contribution in [3.05, 3.63) is 0 Å². The van der Waals surface area contributed by atoms with Gasteiger partial charge in [0.1, 0.15) is 6.61 Å². The molecule has 0 aliphatic carbocycles. The highest BCUT2D eigenvalue weighted by Crippen LogP contribution is 1.62. The number of aliphatic hydroxyl groups is 1. The van der Waals surface area contributed by atoms with Crippen LogP contribution in [0.25, 0.3) is 0 Å². The van der Waals surface area contributed by atoms with Crippen LogP contribution in [-0.4, -0.2) is 30.7 Å². The van der Waals surface area contributed by atoms with E-state index in [9.17, 15) is 9.59 Å². The van der Waals surface area contributed by atoms with Gasteiger partial charge >= 0.3 is 6.03 Å². The number of carbonyl (C=O) groups is 2. The number of imide groups is 1. The molecule has 9 heavy (non-hydrogen) atoms. The van der Waals surface area contributed by atoms with Gasteiger partial charge in [0.15, 0.2) is 0 Å². The first-order valence-electron chi connectivity index (χ1n) is 2.33. The maximum atomic E-state index is 10.2.